The zero-order valence-corrected chi connectivity index (χ0v) is 15.7. The van der Waals surface area contributed by atoms with Gasteiger partial charge in [-0.1, -0.05) is 48.5 Å². The number of hydrogen-bond acceptors (Lipinski definition) is 4. The van der Waals surface area contributed by atoms with E-state index >= 15 is 0 Å². The maximum Gasteiger partial charge on any atom is 0.161 e. The number of anilines is 1. The summed E-state index contributed by atoms with van der Waals surface area (Å²) >= 11 is 0. The van der Waals surface area contributed by atoms with Gasteiger partial charge in [0.05, 0.1) is 12.5 Å². The molecule has 0 amide bonds. The number of methoxy groups -OCH3 is 1. The summed E-state index contributed by atoms with van der Waals surface area (Å²) in [4.78, 5) is 7.36. The summed E-state index contributed by atoms with van der Waals surface area (Å²) in [6.45, 7) is 0. The first-order valence-electron chi connectivity index (χ1n) is 9.60. The Balaban J connectivity index is 1.54. The Bertz CT molecular complexity index is 1130. The second-order valence-electron chi connectivity index (χ2n) is 7.38. The molecule has 140 valence electrons. The van der Waals surface area contributed by atoms with E-state index in [0.29, 0.717) is 11.7 Å². The number of phenols is 1. The van der Waals surface area contributed by atoms with Gasteiger partial charge >= 0.3 is 0 Å². The first kappa shape index (κ1) is 16.9. The van der Waals surface area contributed by atoms with Crippen LogP contribution in [0.15, 0.2) is 77.8 Å². The lowest BCUT2D eigenvalue weighted by Gasteiger charge is -2.30. The highest BCUT2D eigenvalue weighted by Crippen LogP contribution is 2.55. The van der Waals surface area contributed by atoms with Crippen molar-refractivity contribution in [2.45, 2.75) is 18.5 Å². The highest BCUT2D eigenvalue weighted by Gasteiger charge is 2.48. The predicted octanol–water partition coefficient (Wildman–Crippen LogP) is 3.41. The molecule has 1 unspecified atom stereocenters. The van der Waals surface area contributed by atoms with E-state index in [-0.39, 0.29) is 17.8 Å². The normalized spacial score (nSPS) is 22.6. The second kappa shape index (κ2) is 6.71. The van der Waals surface area contributed by atoms with Crippen molar-refractivity contribution in [3.8, 4) is 11.5 Å². The van der Waals surface area contributed by atoms with E-state index in [1.807, 2.05) is 30.3 Å². The zero-order chi connectivity index (χ0) is 19.1. The van der Waals surface area contributed by atoms with Gasteiger partial charge in [0.25, 0.3) is 0 Å². The Hall–Kier alpha value is -3.27. The fourth-order valence-electron chi connectivity index (χ4n) is 4.18. The molecule has 5 rings (SSSR count). The fraction of sp³-hybridized carbons (Fsp3) is 0.208. The number of ether oxygens (including phenoxy) is 1. The van der Waals surface area contributed by atoms with Gasteiger partial charge in [-0.3, -0.25) is 4.99 Å². The summed E-state index contributed by atoms with van der Waals surface area (Å²) in [6.07, 6.45) is 3.20. The van der Waals surface area contributed by atoms with Crippen molar-refractivity contribution in [1.82, 2.24) is 0 Å². The number of para-hydroxylation sites is 3. The number of aromatic hydroxyl groups is 1. The van der Waals surface area contributed by atoms with Gasteiger partial charge in [-0.15, -0.1) is 0 Å². The van der Waals surface area contributed by atoms with Gasteiger partial charge in [-0.25, -0.2) is 0 Å². The van der Waals surface area contributed by atoms with Crippen LogP contribution in [0.1, 0.15) is 17.9 Å². The average molecular weight is 370 g/mol. The van der Waals surface area contributed by atoms with Crippen LogP contribution in [0, 0.1) is 5.92 Å². The Morgan fingerprint density at radius 2 is 1.75 bits per heavy atom. The van der Waals surface area contributed by atoms with Crippen molar-refractivity contribution in [2.75, 3.05) is 12.0 Å². The highest BCUT2D eigenvalue weighted by atomic mass is 16.5. The highest BCUT2D eigenvalue weighted by molar-refractivity contribution is 5.61. The molecule has 1 aliphatic heterocycles. The Morgan fingerprint density at radius 3 is 2.57 bits per heavy atom. The molecular formula is C24H22N2O2. The molecule has 0 saturated heterocycles. The molecule has 0 aromatic heterocycles. The summed E-state index contributed by atoms with van der Waals surface area (Å²) in [7, 11) is 1.59. The molecule has 0 spiro atoms. The number of phenolic OH excluding ortho intramolecular Hbond substituents is 1. The molecule has 1 N–H and O–H groups in total. The molecule has 1 aliphatic carbocycles. The molecule has 3 atom stereocenters. The van der Waals surface area contributed by atoms with Crippen molar-refractivity contribution >= 4 is 11.9 Å². The molecule has 4 heteroatoms. The number of rotatable bonds is 4. The van der Waals surface area contributed by atoms with Gasteiger partial charge in [-0.2, -0.15) is 0 Å². The lowest BCUT2D eigenvalue weighted by molar-refractivity contribution is 0.370. The summed E-state index contributed by atoms with van der Waals surface area (Å²) < 4.78 is 5.29. The first-order chi connectivity index (χ1) is 13.8. The third kappa shape index (κ3) is 2.82. The number of hydrogen-bond donors (Lipinski definition) is 1. The van der Waals surface area contributed by atoms with Crippen LogP contribution in [0.25, 0.3) is 6.20 Å². The van der Waals surface area contributed by atoms with E-state index in [2.05, 4.69) is 47.5 Å². The molecule has 2 aliphatic rings. The Morgan fingerprint density at radius 1 is 0.964 bits per heavy atom. The third-order valence-electron chi connectivity index (χ3n) is 5.70. The van der Waals surface area contributed by atoms with Crippen molar-refractivity contribution < 1.29 is 9.84 Å². The van der Waals surface area contributed by atoms with Crippen LogP contribution in [0.4, 0.5) is 5.69 Å². The Kier molecular flexibility index (Phi) is 4.05. The maximum absolute atomic E-state index is 10.6. The van der Waals surface area contributed by atoms with Crippen molar-refractivity contribution in [2.24, 2.45) is 10.9 Å². The van der Waals surface area contributed by atoms with Crippen LogP contribution in [-0.4, -0.2) is 18.4 Å². The van der Waals surface area contributed by atoms with Crippen LogP contribution in [0.5, 0.6) is 11.5 Å². The molecule has 3 aromatic carbocycles. The lowest BCUT2D eigenvalue weighted by atomic mass is 10.0. The van der Waals surface area contributed by atoms with Crippen LogP contribution in [-0.2, 0) is 0 Å². The molecular weight excluding hydrogens is 348 g/mol. The van der Waals surface area contributed by atoms with E-state index in [4.69, 9.17) is 9.73 Å². The molecule has 4 nitrogen and oxygen atoms in total. The average Bonchev–Trinajstić information content (AvgIpc) is 3.54. The van der Waals surface area contributed by atoms with Gasteiger partial charge in [0.1, 0.15) is 6.17 Å². The lowest BCUT2D eigenvalue weighted by Crippen LogP contribution is -2.43. The first-order valence-corrected chi connectivity index (χ1v) is 9.60. The van der Waals surface area contributed by atoms with E-state index in [9.17, 15) is 5.11 Å². The van der Waals surface area contributed by atoms with Gasteiger partial charge in [0.15, 0.2) is 11.5 Å². The minimum absolute atomic E-state index is 0.00732. The third-order valence-corrected chi connectivity index (χ3v) is 5.70. The number of fused-ring (bicyclic) bond motifs is 1. The van der Waals surface area contributed by atoms with Crippen molar-refractivity contribution in [3.63, 3.8) is 0 Å². The SMILES string of the molecule is COc1cccc([C@H]2C[C@H]2C2N=c3ccccc3=CN2c2ccccc2)c1O. The summed E-state index contributed by atoms with van der Waals surface area (Å²) in [6, 6.07) is 24.4. The quantitative estimate of drug-likeness (QED) is 0.766. The predicted molar refractivity (Wildman–Crippen MR) is 110 cm³/mol. The standard InChI is InChI=1S/C24H22N2O2/c1-28-22-13-7-11-18(23(22)27)19-14-20(19)24-25-21-12-6-5-8-16(21)15-26(24)17-9-3-2-4-10-17/h2-13,15,19-20,24,27H,14H2,1H3/t19-,20-,24?/m1/s1. The summed E-state index contributed by atoms with van der Waals surface area (Å²) in [5.74, 6) is 1.39. The number of nitrogens with zero attached hydrogens (tertiary/aromatic N) is 2. The van der Waals surface area contributed by atoms with E-state index in [1.54, 1.807) is 13.2 Å². The molecule has 1 heterocycles. The molecule has 3 aromatic rings. The number of benzene rings is 3. The van der Waals surface area contributed by atoms with Crippen LogP contribution >= 0.6 is 0 Å². The minimum atomic E-state index is 0.00732. The van der Waals surface area contributed by atoms with Crippen molar-refractivity contribution in [1.29, 1.82) is 0 Å². The van der Waals surface area contributed by atoms with Gasteiger partial charge in [0.2, 0.25) is 0 Å². The van der Waals surface area contributed by atoms with E-state index < -0.39 is 0 Å². The van der Waals surface area contributed by atoms with Gasteiger partial charge in [0, 0.05) is 28.6 Å². The zero-order valence-electron chi connectivity index (χ0n) is 15.7. The van der Waals surface area contributed by atoms with Gasteiger partial charge in [-0.05, 0) is 36.6 Å². The van der Waals surface area contributed by atoms with Gasteiger partial charge < -0.3 is 14.7 Å². The summed E-state index contributed by atoms with van der Waals surface area (Å²) in [5, 5.41) is 12.7. The fourth-order valence-corrected chi connectivity index (χ4v) is 4.18. The molecule has 1 fully saturated rings. The monoisotopic (exact) mass is 370 g/mol. The molecule has 0 radical (unpaired) electrons. The molecule has 0 bridgehead atoms. The molecule has 1 saturated carbocycles. The largest absolute Gasteiger partial charge is 0.504 e. The maximum atomic E-state index is 10.6. The van der Waals surface area contributed by atoms with E-state index in [1.165, 1.54) is 0 Å². The molecule has 28 heavy (non-hydrogen) atoms. The van der Waals surface area contributed by atoms with E-state index in [0.717, 1.165) is 28.2 Å². The van der Waals surface area contributed by atoms with Crippen LogP contribution < -0.4 is 20.2 Å². The van der Waals surface area contributed by atoms with Crippen LogP contribution in [0.3, 0.4) is 0 Å². The second-order valence-corrected chi connectivity index (χ2v) is 7.38. The van der Waals surface area contributed by atoms with Crippen molar-refractivity contribution in [3.05, 3.63) is 88.9 Å². The smallest absolute Gasteiger partial charge is 0.161 e. The minimum Gasteiger partial charge on any atom is -0.504 e. The summed E-state index contributed by atoms with van der Waals surface area (Å²) in [5.41, 5.74) is 2.08. The Labute approximate surface area is 164 Å². The van der Waals surface area contributed by atoms with Crippen LogP contribution in [0.2, 0.25) is 0 Å². The topological polar surface area (TPSA) is 45.1 Å².